The fourth-order valence-electron chi connectivity index (χ4n) is 4.52. The van der Waals surface area contributed by atoms with Gasteiger partial charge in [-0.05, 0) is 42.9 Å². The SMILES string of the molecule is [B]1C2CCC3CC(C4CC2C4)C13. The van der Waals surface area contributed by atoms with Gasteiger partial charge in [0.2, 0.25) is 0 Å². The number of hydrogen-bond donors (Lipinski definition) is 0. The minimum Gasteiger partial charge on any atom is -0.0657 e. The van der Waals surface area contributed by atoms with Crippen LogP contribution in [0.3, 0.4) is 0 Å². The van der Waals surface area contributed by atoms with Gasteiger partial charge >= 0.3 is 0 Å². The lowest BCUT2D eigenvalue weighted by molar-refractivity contribution is 0.0624. The van der Waals surface area contributed by atoms with Gasteiger partial charge in [0, 0.05) is 0 Å². The molecule has 1 heteroatoms. The Morgan fingerprint density at radius 1 is 0.833 bits per heavy atom. The molecule has 2 aliphatic carbocycles. The molecule has 63 valence electrons. The lowest BCUT2D eigenvalue weighted by atomic mass is 9.37. The van der Waals surface area contributed by atoms with Crippen LogP contribution in [0.2, 0.25) is 11.6 Å². The maximum Gasteiger partial charge on any atom is 0.118 e. The molecule has 0 aromatic rings. The van der Waals surface area contributed by atoms with E-state index in [-0.39, 0.29) is 0 Å². The summed E-state index contributed by atoms with van der Waals surface area (Å²) >= 11 is 0. The summed E-state index contributed by atoms with van der Waals surface area (Å²) in [6.45, 7) is 0. The van der Waals surface area contributed by atoms with Crippen molar-refractivity contribution in [1.29, 1.82) is 0 Å². The van der Waals surface area contributed by atoms with Gasteiger partial charge in [-0.3, -0.25) is 0 Å². The molecule has 12 heavy (non-hydrogen) atoms. The van der Waals surface area contributed by atoms with Crippen molar-refractivity contribution in [2.24, 2.45) is 23.7 Å². The zero-order valence-corrected chi connectivity index (χ0v) is 7.58. The maximum atomic E-state index is 2.78. The average molecular weight is 159 g/mol. The van der Waals surface area contributed by atoms with Crippen molar-refractivity contribution < 1.29 is 0 Å². The normalized spacial score (nSPS) is 65.3. The van der Waals surface area contributed by atoms with E-state index in [1.165, 1.54) is 5.92 Å². The fraction of sp³-hybridized carbons (Fsp3) is 1.00. The topological polar surface area (TPSA) is 0 Å². The molecule has 3 heterocycles. The van der Waals surface area contributed by atoms with Crippen LogP contribution >= 0.6 is 0 Å². The molecule has 3 aliphatic heterocycles. The van der Waals surface area contributed by atoms with Crippen LogP contribution in [0.15, 0.2) is 0 Å². The largest absolute Gasteiger partial charge is 0.118 e. The zero-order chi connectivity index (χ0) is 7.71. The van der Waals surface area contributed by atoms with E-state index in [1.807, 2.05) is 0 Å². The van der Waals surface area contributed by atoms with Gasteiger partial charge in [-0.15, -0.1) is 0 Å². The Morgan fingerprint density at radius 3 is 2.67 bits per heavy atom. The van der Waals surface area contributed by atoms with Crippen molar-refractivity contribution in [3.8, 4) is 0 Å². The summed E-state index contributed by atoms with van der Waals surface area (Å²) in [5.74, 6) is 6.79. The van der Waals surface area contributed by atoms with Gasteiger partial charge in [0.25, 0.3) is 0 Å². The molecule has 0 amide bonds. The van der Waals surface area contributed by atoms with Gasteiger partial charge in [-0.1, -0.05) is 24.5 Å². The summed E-state index contributed by atoms with van der Waals surface area (Å²) in [6, 6.07) is 0. The smallest absolute Gasteiger partial charge is 0.0657 e. The van der Waals surface area contributed by atoms with Crippen LogP contribution in [0.25, 0.3) is 0 Å². The maximum absolute atomic E-state index is 2.78. The third-order valence-corrected chi connectivity index (χ3v) is 5.38. The summed E-state index contributed by atoms with van der Waals surface area (Å²) in [5, 5.41) is 0. The fourth-order valence-corrected chi connectivity index (χ4v) is 4.52. The summed E-state index contributed by atoms with van der Waals surface area (Å²) in [5.41, 5.74) is 0. The van der Waals surface area contributed by atoms with E-state index in [9.17, 15) is 0 Å². The van der Waals surface area contributed by atoms with Crippen LogP contribution < -0.4 is 0 Å². The Kier molecular flexibility index (Phi) is 1.05. The van der Waals surface area contributed by atoms with Crippen LogP contribution in [0, 0.1) is 23.7 Å². The van der Waals surface area contributed by atoms with Crippen molar-refractivity contribution in [1.82, 2.24) is 0 Å². The highest BCUT2D eigenvalue weighted by Gasteiger charge is 2.56. The number of rotatable bonds is 0. The van der Waals surface area contributed by atoms with E-state index in [0.29, 0.717) is 0 Å². The van der Waals surface area contributed by atoms with Gasteiger partial charge in [-0.2, -0.15) is 0 Å². The van der Waals surface area contributed by atoms with E-state index >= 15 is 0 Å². The predicted octanol–water partition coefficient (Wildman–Crippen LogP) is 2.74. The highest BCUT2D eigenvalue weighted by molar-refractivity contribution is 6.41. The van der Waals surface area contributed by atoms with Crippen LogP contribution in [0.1, 0.15) is 32.1 Å². The first-order valence-electron chi connectivity index (χ1n) is 5.77. The second kappa shape index (κ2) is 1.94. The van der Waals surface area contributed by atoms with Gasteiger partial charge in [0.05, 0.1) is 0 Å². The lowest BCUT2D eigenvalue weighted by Crippen LogP contribution is -2.40. The van der Waals surface area contributed by atoms with E-state index in [4.69, 9.17) is 0 Å². The molecular weight excluding hydrogens is 143 g/mol. The molecule has 4 unspecified atom stereocenters. The molecule has 0 nitrogen and oxygen atoms in total. The third-order valence-electron chi connectivity index (χ3n) is 5.38. The minimum atomic E-state index is 1.06. The molecule has 0 N–H and O–H groups in total. The van der Waals surface area contributed by atoms with Crippen molar-refractivity contribution in [3.63, 3.8) is 0 Å². The molecule has 5 aliphatic rings. The molecule has 4 bridgehead atoms. The van der Waals surface area contributed by atoms with Gasteiger partial charge < -0.3 is 0 Å². The molecular formula is C11H16B. The third kappa shape index (κ3) is 0.602. The lowest BCUT2D eigenvalue weighted by Gasteiger charge is -2.50. The van der Waals surface area contributed by atoms with Gasteiger partial charge in [-0.25, -0.2) is 0 Å². The monoisotopic (exact) mass is 159 g/mol. The molecule has 1 radical (unpaired) electrons. The van der Waals surface area contributed by atoms with E-state index in [1.54, 1.807) is 32.1 Å². The van der Waals surface area contributed by atoms with Gasteiger partial charge in [0.15, 0.2) is 0 Å². The summed E-state index contributed by atoms with van der Waals surface area (Å²) in [7, 11) is 2.78. The molecule has 4 atom stereocenters. The standard InChI is InChI=1S/C11H16B/c1-2-10-8-3-7(4-8)9-5-6(1)11(9)12-10/h6-11H,1-5H2. The predicted molar refractivity (Wildman–Crippen MR) is 50.3 cm³/mol. The van der Waals surface area contributed by atoms with Gasteiger partial charge in [0.1, 0.15) is 7.28 Å². The molecule has 5 fully saturated rings. The van der Waals surface area contributed by atoms with Crippen molar-refractivity contribution in [2.45, 2.75) is 43.7 Å². The summed E-state index contributed by atoms with van der Waals surface area (Å²) < 4.78 is 0. The highest BCUT2D eigenvalue weighted by Crippen LogP contribution is 2.66. The second-order valence-electron chi connectivity index (χ2n) is 5.66. The van der Waals surface area contributed by atoms with Crippen molar-refractivity contribution in [3.05, 3.63) is 0 Å². The summed E-state index contributed by atoms with van der Waals surface area (Å²) in [4.78, 5) is 0. The Balaban J connectivity index is 1.73. The number of hydrogen-bond acceptors (Lipinski definition) is 0. The first-order chi connectivity index (χ1) is 5.92. The minimum absolute atomic E-state index is 1.06. The first kappa shape index (κ1) is 6.51. The van der Waals surface area contributed by atoms with Crippen molar-refractivity contribution >= 4 is 7.28 Å². The molecule has 0 spiro atoms. The Morgan fingerprint density at radius 2 is 1.75 bits per heavy atom. The second-order valence-corrected chi connectivity index (χ2v) is 5.66. The van der Waals surface area contributed by atoms with Crippen LogP contribution in [0.5, 0.6) is 0 Å². The highest BCUT2D eigenvalue weighted by atomic mass is 14.6. The van der Waals surface area contributed by atoms with E-state index in [2.05, 4.69) is 7.28 Å². The molecule has 3 saturated heterocycles. The molecule has 5 rings (SSSR count). The van der Waals surface area contributed by atoms with Crippen LogP contribution in [-0.2, 0) is 0 Å². The Hall–Kier alpha value is 0.0649. The molecule has 2 saturated carbocycles. The van der Waals surface area contributed by atoms with E-state index < -0.39 is 0 Å². The van der Waals surface area contributed by atoms with Crippen molar-refractivity contribution in [2.75, 3.05) is 0 Å². The molecule has 0 aromatic heterocycles. The average Bonchev–Trinajstić information content (AvgIpc) is 2.08. The van der Waals surface area contributed by atoms with Crippen LogP contribution in [0.4, 0.5) is 0 Å². The summed E-state index contributed by atoms with van der Waals surface area (Å²) in [6.07, 6.45) is 7.94. The zero-order valence-electron chi connectivity index (χ0n) is 7.58. The van der Waals surface area contributed by atoms with E-state index in [0.717, 1.165) is 29.4 Å². The Labute approximate surface area is 75.4 Å². The Bertz CT molecular complexity index is 211. The van der Waals surface area contributed by atoms with Crippen LogP contribution in [-0.4, -0.2) is 7.28 Å². The first-order valence-corrected chi connectivity index (χ1v) is 5.77. The quantitative estimate of drug-likeness (QED) is 0.476. The molecule has 0 aromatic carbocycles.